The molecular weight excluding hydrogens is 254 g/mol. The van der Waals surface area contributed by atoms with Crippen molar-refractivity contribution in [3.63, 3.8) is 0 Å². The highest BCUT2D eigenvalue weighted by Gasteiger charge is 2.35. The average Bonchev–Trinajstić information content (AvgIpc) is 2.17. The number of ether oxygens (including phenoxy) is 1. The Hall–Kier alpha value is -1.98. The minimum atomic E-state index is -5.28. The van der Waals surface area contributed by atoms with Gasteiger partial charge in [-0.2, -0.15) is 9.65 Å². The SMILES string of the molecule is N#Cc1nc(F)cc(C(F)F)c1OC(F)(F)F. The highest BCUT2D eigenvalue weighted by molar-refractivity contribution is 5.44. The molecule has 0 amide bonds. The van der Waals surface area contributed by atoms with Gasteiger partial charge in [0.15, 0.2) is 11.4 Å². The molecule has 1 rings (SSSR count). The number of aromatic nitrogens is 1. The first-order valence-corrected chi connectivity index (χ1v) is 3.89. The van der Waals surface area contributed by atoms with E-state index in [2.05, 4.69) is 9.72 Å². The predicted molar refractivity (Wildman–Crippen MR) is 40.6 cm³/mol. The summed E-state index contributed by atoms with van der Waals surface area (Å²) in [5.41, 5.74) is -2.58. The van der Waals surface area contributed by atoms with Crippen LogP contribution in [0, 0.1) is 17.3 Å². The van der Waals surface area contributed by atoms with E-state index in [-0.39, 0.29) is 6.07 Å². The van der Waals surface area contributed by atoms with Crippen LogP contribution in [-0.2, 0) is 0 Å². The number of halogens is 6. The molecule has 1 aromatic rings. The van der Waals surface area contributed by atoms with E-state index in [1.807, 2.05) is 0 Å². The van der Waals surface area contributed by atoms with Gasteiger partial charge in [-0.3, -0.25) is 0 Å². The summed E-state index contributed by atoms with van der Waals surface area (Å²) in [6.45, 7) is 0. The molecule has 0 bridgehead atoms. The molecule has 1 heterocycles. The monoisotopic (exact) mass is 256 g/mol. The summed E-state index contributed by atoms with van der Waals surface area (Å²) in [4.78, 5) is 2.73. The lowest BCUT2D eigenvalue weighted by molar-refractivity contribution is -0.275. The zero-order chi connectivity index (χ0) is 13.2. The fourth-order valence-corrected chi connectivity index (χ4v) is 0.981. The first-order valence-electron chi connectivity index (χ1n) is 3.89. The number of hydrogen-bond acceptors (Lipinski definition) is 3. The third-order valence-electron chi connectivity index (χ3n) is 1.53. The van der Waals surface area contributed by atoms with E-state index >= 15 is 0 Å². The maximum atomic E-state index is 12.7. The lowest BCUT2D eigenvalue weighted by atomic mass is 10.2. The van der Waals surface area contributed by atoms with Gasteiger partial charge in [-0.15, -0.1) is 13.2 Å². The third-order valence-corrected chi connectivity index (χ3v) is 1.53. The Morgan fingerprint density at radius 1 is 1.35 bits per heavy atom. The van der Waals surface area contributed by atoms with Crippen LogP contribution in [0.4, 0.5) is 26.3 Å². The fourth-order valence-electron chi connectivity index (χ4n) is 0.981. The van der Waals surface area contributed by atoms with E-state index in [0.29, 0.717) is 0 Å². The molecule has 0 aliphatic carbocycles. The highest BCUT2D eigenvalue weighted by atomic mass is 19.4. The largest absolute Gasteiger partial charge is 0.573 e. The van der Waals surface area contributed by atoms with Crippen LogP contribution in [0.2, 0.25) is 0 Å². The number of alkyl halides is 5. The van der Waals surface area contributed by atoms with Gasteiger partial charge in [0.2, 0.25) is 5.95 Å². The number of rotatable bonds is 2. The van der Waals surface area contributed by atoms with Crippen molar-refractivity contribution in [2.24, 2.45) is 0 Å². The number of nitrogens with zero attached hydrogens (tertiary/aromatic N) is 2. The minimum absolute atomic E-state index is 0.0760. The van der Waals surface area contributed by atoms with Crippen molar-refractivity contribution in [3.8, 4) is 11.8 Å². The van der Waals surface area contributed by atoms with Crippen LogP contribution in [-0.4, -0.2) is 11.3 Å². The molecule has 0 saturated carbocycles. The number of pyridine rings is 1. The van der Waals surface area contributed by atoms with Crippen LogP contribution in [0.3, 0.4) is 0 Å². The Labute approximate surface area is 90.2 Å². The first-order chi connectivity index (χ1) is 7.74. The maximum Gasteiger partial charge on any atom is 0.573 e. The van der Waals surface area contributed by atoms with Crippen molar-refractivity contribution >= 4 is 0 Å². The maximum absolute atomic E-state index is 12.7. The van der Waals surface area contributed by atoms with Crippen molar-refractivity contribution in [2.75, 3.05) is 0 Å². The van der Waals surface area contributed by atoms with Crippen molar-refractivity contribution in [1.29, 1.82) is 5.26 Å². The van der Waals surface area contributed by atoms with Crippen molar-refractivity contribution in [2.45, 2.75) is 12.8 Å². The second-order valence-electron chi connectivity index (χ2n) is 2.67. The molecule has 3 nitrogen and oxygen atoms in total. The summed E-state index contributed by atoms with van der Waals surface area (Å²) >= 11 is 0. The van der Waals surface area contributed by atoms with Gasteiger partial charge in [-0.05, 0) is 0 Å². The van der Waals surface area contributed by atoms with Crippen LogP contribution in [0.25, 0.3) is 0 Å². The molecule has 0 spiro atoms. The minimum Gasteiger partial charge on any atom is -0.402 e. The summed E-state index contributed by atoms with van der Waals surface area (Å²) in [6, 6.07) is 1.12. The molecule has 0 aromatic carbocycles. The van der Waals surface area contributed by atoms with Crippen LogP contribution in [0.1, 0.15) is 17.7 Å². The fraction of sp³-hybridized carbons (Fsp3) is 0.250. The zero-order valence-corrected chi connectivity index (χ0v) is 7.73. The molecule has 0 atom stereocenters. The van der Waals surface area contributed by atoms with Crippen molar-refractivity contribution < 1.29 is 31.1 Å². The molecule has 0 N–H and O–H groups in total. The third kappa shape index (κ3) is 3.24. The van der Waals surface area contributed by atoms with Gasteiger partial charge in [-0.25, -0.2) is 13.8 Å². The molecule has 92 valence electrons. The van der Waals surface area contributed by atoms with E-state index in [1.54, 1.807) is 0 Å². The van der Waals surface area contributed by atoms with Crippen LogP contribution < -0.4 is 4.74 Å². The summed E-state index contributed by atoms with van der Waals surface area (Å²) in [6.07, 6.45) is -8.72. The smallest absolute Gasteiger partial charge is 0.402 e. The highest BCUT2D eigenvalue weighted by Crippen LogP contribution is 2.35. The molecular formula is C8H2F6N2O. The molecule has 0 saturated heterocycles. The molecule has 0 unspecified atom stereocenters. The Kier molecular flexibility index (Phi) is 3.45. The van der Waals surface area contributed by atoms with E-state index < -0.39 is 35.7 Å². The lowest BCUT2D eigenvalue weighted by Gasteiger charge is -2.13. The molecule has 0 radical (unpaired) electrons. The van der Waals surface area contributed by atoms with Crippen LogP contribution in [0.5, 0.6) is 5.75 Å². The van der Waals surface area contributed by atoms with Gasteiger partial charge >= 0.3 is 6.36 Å². The molecule has 0 fully saturated rings. The Bertz CT molecular complexity index is 464. The van der Waals surface area contributed by atoms with Gasteiger partial charge in [0.05, 0.1) is 5.56 Å². The van der Waals surface area contributed by atoms with Crippen LogP contribution >= 0.6 is 0 Å². The van der Waals surface area contributed by atoms with E-state index in [4.69, 9.17) is 5.26 Å². The van der Waals surface area contributed by atoms with E-state index in [9.17, 15) is 26.3 Å². The molecule has 0 aliphatic rings. The Morgan fingerprint density at radius 3 is 2.35 bits per heavy atom. The van der Waals surface area contributed by atoms with Crippen LogP contribution in [0.15, 0.2) is 6.07 Å². The molecule has 0 aliphatic heterocycles. The number of nitriles is 1. The summed E-state index contributed by atoms with van der Waals surface area (Å²) in [5.74, 6) is -2.98. The standard InChI is InChI=1S/C8H2F6N2O/c9-5-1-3(7(10)11)6(4(2-15)16-5)17-8(12,13)14/h1,7H. The van der Waals surface area contributed by atoms with Gasteiger partial charge in [0.1, 0.15) is 6.07 Å². The second-order valence-corrected chi connectivity index (χ2v) is 2.67. The number of hydrogen-bond donors (Lipinski definition) is 0. The lowest BCUT2D eigenvalue weighted by Crippen LogP contribution is -2.19. The molecule has 9 heteroatoms. The van der Waals surface area contributed by atoms with Gasteiger partial charge in [0.25, 0.3) is 6.43 Å². The summed E-state index contributed by atoms with van der Waals surface area (Å²) < 4.78 is 76.3. The van der Waals surface area contributed by atoms with Crippen molar-refractivity contribution in [1.82, 2.24) is 4.98 Å². The summed E-state index contributed by atoms with van der Waals surface area (Å²) in [5, 5.41) is 8.37. The first kappa shape index (κ1) is 13.1. The van der Waals surface area contributed by atoms with E-state index in [1.165, 1.54) is 0 Å². The Balaban J connectivity index is 3.38. The van der Waals surface area contributed by atoms with Gasteiger partial charge in [0, 0.05) is 6.07 Å². The van der Waals surface area contributed by atoms with Gasteiger partial charge < -0.3 is 4.74 Å². The topological polar surface area (TPSA) is 45.9 Å². The van der Waals surface area contributed by atoms with Crippen molar-refractivity contribution in [3.05, 3.63) is 23.3 Å². The summed E-state index contributed by atoms with van der Waals surface area (Å²) in [7, 11) is 0. The molecule has 17 heavy (non-hydrogen) atoms. The van der Waals surface area contributed by atoms with Gasteiger partial charge in [-0.1, -0.05) is 0 Å². The normalized spacial score (nSPS) is 11.4. The zero-order valence-electron chi connectivity index (χ0n) is 7.73. The predicted octanol–water partition coefficient (Wildman–Crippen LogP) is 2.93. The Morgan fingerprint density at radius 2 is 1.94 bits per heavy atom. The quantitative estimate of drug-likeness (QED) is 0.603. The second kappa shape index (κ2) is 4.48. The molecule has 1 aromatic heterocycles. The van der Waals surface area contributed by atoms with E-state index in [0.717, 1.165) is 6.07 Å². The average molecular weight is 256 g/mol.